The van der Waals surface area contributed by atoms with Gasteiger partial charge >= 0.3 is 0 Å². The van der Waals surface area contributed by atoms with Gasteiger partial charge in [0.25, 0.3) is 0 Å². The number of nitrogens with one attached hydrogen (secondary N) is 1. The van der Waals surface area contributed by atoms with Crippen LogP contribution in [0, 0.1) is 17.1 Å². The molecule has 104 valence electrons. The summed E-state index contributed by atoms with van der Waals surface area (Å²) in [6.45, 7) is 3.37. The highest BCUT2D eigenvalue weighted by atomic mass is 19.1. The molecule has 0 amide bonds. The molecule has 1 heterocycles. The lowest BCUT2D eigenvalue weighted by Crippen LogP contribution is -2.13. The van der Waals surface area contributed by atoms with Crippen LogP contribution in [-0.2, 0) is 26.6 Å². The van der Waals surface area contributed by atoms with E-state index in [1.165, 1.54) is 6.07 Å². The van der Waals surface area contributed by atoms with Crippen LogP contribution in [0.25, 0.3) is 0 Å². The minimum absolute atomic E-state index is 0.0833. The van der Waals surface area contributed by atoms with Crippen LogP contribution in [-0.4, -0.2) is 9.78 Å². The Bertz CT molecular complexity index is 640. The predicted octanol–water partition coefficient (Wildman–Crippen LogP) is 2.28. The summed E-state index contributed by atoms with van der Waals surface area (Å²) in [6.07, 6.45) is 2.89. The molecule has 0 fully saturated rings. The molecular weight excluding hydrogens is 255 g/mol. The Morgan fingerprint density at radius 1 is 1.40 bits per heavy atom. The van der Waals surface area contributed by atoms with E-state index in [1.807, 2.05) is 24.0 Å². The first-order valence-electron chi connectivity index (χ1n) is 6.54. The maximum Gasteiger partial charge on any atom is 0.140 e. The quantitative estimate of drug-likeness (QED) is 0.908. The van der Waals surface area contributed by atoms with E-state index in [0.29, 0.717) is 13.1 Å². The number of nitriles is 1. The Balaban J connectivity index is 1.98. The van der Waals surface area contributed by atoms with E-state index in [9.17, 15) is 4.39 Å². The second kappa shape index (κ2) is 6.31. The second-order valence-electron chi connectivity index (χ2n) is 4.66. The predicted molar refractivity (Wildman–Crippen MR) is 74.2 cm³/mol. The summed E-state index contributed by atoms with van der Waals surface area (Å²) >= 11 is 0. The summed E-state index contributed by atoms with van der Waals surface area (Å²) < 4.78 is 15.0. The first kappa shape index (κ1) is 14.2. The number of hydrogen-bond donors (Lipinski definition) is 1. The van der Waals surface area contributed by atoms with Crippen LogP contribution >= 0.6 is 0 Å². The van der Waals surface area contributed by atoms with Crippen LogP contribution in [0.3, 0.4) is 0 Å². The summed E-state index contributed by atoms with van der Waals surface area (Å²) in [5.41, 5.74) is 3.22. The fraction of sp³-hybridized carbons (Fsp3) is 0.333. The monoisotopic (exact) mass is 272 g/mol. The lowest BCUT2D eigenvalue weighted by Gasteiger charge is -2.05. The van der Waals surface area contributed by atoms with Gasteiger partial charge in [-0.1, -0.05) is 13.0 Å². The van der Waals surface area contributed by atoms with Crippen molar-refractivity contribution in [1.82, 2.24) is 15.1 Å². The third-order valence-corrected chi connectivity index (χ3v) is 3.12. The van der Waals surface area contributed by atoms with Crippen LogP contribution in [0.2, 0.25) is 0 Å². The molecule has 1 aromatic carbocycles. The van der Waals surface area contributed by atoms with E-state index in [1.54, 1.807) is 12.1 Å². The normalized spacial score (nSPS) is 10.5. The van der Waals surface area contributed by atoms with Crippen LogP contribution in [0.1, 0.15) is 29.3 Å². The van der Waals surface area contributed by atoms with Gasteiger partial charge in [-0.25, -0.2) is 4.39 Å². The summed E-state index contributed by atoms with van der Waals surface area (Å²) in [4.78, 5) is 0. The zero-order chi connectivity index (χ0) is 14.5. The molecule has 0 aliphatic heterocycles. The average Bonchev–Trinajstić information content (AvgIpc) is 2.81. The molecule has 0 saturated carbocycles. The maximum absolute atomic E-state index is 13.2. The van der Waals surface area contributed by atoms with Crippen LogP contribution < -0.4 is 5.32 Å². The molecule has 0 aliphatic rings. The highest BCUT2D eigenvalue weighted by Gasteiger charge is 2.06. The SMILES string of the molecule is CCc1nn(C)cc1CNCc1ccc(F)c(C#N)c1. The van der Waals surface area contributed by atoms with Gasteiger partial charge in [-0.2, -0.15) is 10.4 Å². The molecule has 1 N–H and O–H groups in total. The molecule has 1 aromatic heterocycles. The molecular formula is C15H17FN4. The maximum atomic E-state index is 13.2. The minimum Gasteiger partial charge on any atom is -0.308 e. The number of aryl methyl sites for hydroxylation is 2. The van der Waals surface area contributed by atoms with Crippen molar-refractivity contribution in [1.29, 1.82) is 5.26 Å². The summed E-state index contributed by atoms with van der Waals surface area (Å²) in [5, 5.41) is 16.5. The zero-order valence-corrected chi connectivity index (χ0v) is 11.7. The van der Waals surface area contributed by atoms with Gasteiger partial charge in [-0.15, -0.1) is 0 Å². The van der Waals surface area contributed by atoms with E-state index < -0.39 is 5.82 Å². The van der Waals surface area contributed by atoms with Crippen molar-refractivity contribution in [3.63, 3.8) is 0 Å². The molecule has 5 heteroatoms. The molecule has 0 bridgehead atoms. The molecule has 2 aromatic rings. The Morgan fingerprint density at radius 3 is 2.90 bits per heavy atom. The lowest BCUT2D eigenvalue weighted by molar-refractivity contribution is 0.620. The van der Waals surface area contributed by atoms with E-state index in [2.05, 4.69) is 17.3 Å². The molecule has 0 unspecified atom stereocenters. The molecule has 20 heavy (non-hydrogen) atoms. The van der Waals surface area contributed by atoms with Crippen LogP contribution in [0.5, 0.6) is 0 Å². The largest absolute Gasteiger partial charge is 0.308 e. The van der Waals surface area contributed by atoms with Gasteiger partial charge in [0.05, 0.1) is 11.3 Å². The van der Waals surface area contributed by atoms with Gasteiger partial charge in [0.1, 0.15) is 11.9 Å². The number of nitrogens with zero attached hydrogens (tertiary/aromatic N) is 3. The zero-order valence-electron chi connectivity index (χ0n) is 11.7. The summed E-state index contributed by atoms with van der Waals surface area (Å²) in [7, 11) is 1.90. The third-order valence-electron chi connectivity index (χ3n) is 3.12. The molecule has 4 nitrogen and oxygen atoms in total. The molecule has 0 aliphatic carbocycles. The van der Waals surface area contributed by atoms with Gasteiger partial charge in [0.15, 0.2) is 0 Å². The van der Waals surface area contributed by atoms with E-state index in [4.69, 9.17) is 5.26 Å². The number of aromatic nitrogens is 2. The van der Waals surface area contributed by atoms with Crippen molar-refractivity contribution in [3.05, 3.63) is 52.6 Å². The molecule has 0 atom stereocenters. The molecule has 0 radical (unpaired) electrons. The van der Waals surface area contributed by atoms with Gasteiger partial charge < -0.3 is 5.32 Å². The van der Waals surface area contributed by atoms with E-state index in [-0.39, 0.29) is 5.56 Å². The molecule has 0 spiro atoms. The van der Waals surface area contributed by atoms with Crippen molar-refractivity contribution < 1.29 is 4.39 Å². The van der Waals surface area contributed by atoms with Crippen molar-refractivity contribution in [2.24, 2.45) is 7.05 Å². The second-order valence-corrected chi connectivity index (χ2v) is 4.66. The highest BCUT2D eigenvalue weighted by Crippen LogP contribution is 2.10. The topological polar surface area (TPSA) is 53.6 Å². The fourth-order valence-electron chi connectivity index (χ4n) is 2.14. The minimum atomic E-state index is -0.475. The third kappa shape index (κ3) is 3.22. The molecule has 2 rings (SSSR count). The Hall–Kier alpha value is -2.19. The fourth-order valence-corrected chi connectivity index (χ4v) is 2.14. The number of halogens is 1. The van der Waals surface area contributed by atoms with E-state index >= 15 is 0 Å². The Labute approximate surface area is 117 Å². The number of rotatable bonds is 5. The summed E-state index contributed by atoms with van der Waals surface area (Å²) in [6, 6.07) is 6.44. The lowest BCUT2D eigenvalue weighted by atomic mass is 10.1. The van der Waals surface area contributed by atoms with Crippen molar-refractivity contribution in [3.8, 4) is 6.07 Å². The molecule has 0 saturated heterocycles. The Kier molecular flexibility index (Phi) is 4.49. The van der Waals surface area contributed by atoms with Crippen molar-refractivity contribution >= 4 is 0 Å². The number of hydrogen-bond acceptors (Lipinski definition) is 3. The van der Waals surface area contributed by atoms with Crippen LogP contribution in [0.15, 0.2) is 24.4 Å². The first-order chi connectivity index (χ1) is 9.63. The Morgan fingerprint density at radius 2 is 2.20 bits per heavy atom. The summed E-state index contributed by atoms with van der Waals surface area (Å²) in [5.74, 6) is -0.475. The standard InChI is InChI=1S/C15H17FN4/c1-3-15-13(10-20(2)19-15)9-18-8-11-4-5-14(16)12(6-11)7-17/h4-6,10,18H,3,8-9H2,1-2H3. The van der Waals surface area contributed by atoms with Crippen molar-refractivity contribution in [2.45, 2.75) is 26.4 Å². The highest BCUT2D eigenvalue weighted by molar-refractivity contribution is 5.34. The van der Waals surface area contributed by atoms with Gasteiger partial charge in [0.2, 0.25) is 0 Å². The van der Waals surface area contributed by atoms with Crippen molar-refractivity contribution in [2.75, 3.05) is 0 Å². The first-order valence-corrected chi connectivity index (χ1v) is 6.54. The average molecular weight is 272 g/mol. The van der Waals surface area contributed by atoms with Crippen LogP contribution in [0.4, 0.5) is 4.39 Å². The number of benzene rings is 1. The smallest absolute Gasteiger partial charge is 0.140 e. The van der Waals surface area contributed by atoms with E-state index in [0.717, 1.165) is 23.2 Å². The van der Waals surface area contributed by atoms with Gasteiger partial charge in [-0.3, -0.25) is 4.68 Å². The van der Waals surface area contributed by atoms with Gasteiger partial charge in [-0.05, 0) is 24.1 Å². The van der Waals surface area contributed by atoms with Gasteiger partial charge in [0, 0.05) is 31.9 Å².